The molecule has 1 aromatic heterocycles. The lowest BCUT2D eigenvalue weighted by Gasteiger charge is -2.36. The number of urea groups is 1. The van der Waals surface area contributed by atoms with Crippen molar-refractivity contribution in [3.8, 4) is 0 Å². The zero-order valence-electron chi connectivity index (χ0n) is 21.7. The highest BCUT2D eigenvalue weighted by Crippen LogP contribution is 2.34. The average molecular weight is 505 g/mol. The van der Waals surface area contributed by atoms with E-state index in [0.29, 0.717) is 49.5 Å². The fourth-order valence-electron chi connectivity index (χ4n) is 5.42. The number of hydrogen-bond donors (Lipinski definition) is 0. The molecule has 3 saturated heterocycles. The van der Waals surface area contributed by atoms with Crippen LogP contribution >= 0.6 is 0 Å². The molecule has 0 N–H and O–H groups in total. The maximum atomic E-state index is 13.7. The number of aryl methyl sites for hydroxylation is 2. The minimum atomic E-state index is -0.484. The Morgan fingerprint density at radius 1 is 1.00 bits per heavy atom. The molecular weight excluding hydrogens is 472 g/mol. The number of rotatable bonds is 4. The Morgan fingerprint density at radius 2 is 1.73 bits per heavy atom. The lowest BCUT2D eigenvalue weighted by Crippen LogP contribution is -2.49. The summed E-state index contributed by atoms with van der Waals surface area (Å²) in [4.78, 5) is 64.1. The first-order valence-corrected chi connectivity index (χ1v) is 12.7. The van der Waals surface area contributed by atoms with Crippen molar-refractivity contribution in [3.05, 3.63) is 47.2 Å². The number of carbonyl (C=O) groups excluding carboxylic acids is 4. The van der Waals surface area contributed by atoms with E-state index in [1.807, 2.05) is 27.0 Å². The predicted molar refractivity (Wildman–Crippen MR) is 140 cm³/mol. The highest BCUT2D eigenvalue weighted by Gasteiger charge is 2.38. The monoisotopic (exact) mass is 504 g/mol. The van der Waals surface area contributed by atoms with Crippen LogP contribution in [0.4, 0.5) is 22.0 Å². The molecule has 0 bridgehead atoms. The van der Waals surface area contributed by atoms with Gasteiger partial charge in [0.2, 0.25) is 11.8 Å². The topological polar surface area (TPSA) is 97.4 Å². The first-order chi connectivity index (χ1) is 17.7. The van der Waals surface area contributed by atoms with E-state index in [2.05, 4.69) is 16.0 Å². The molecule has 1 aromatic carbocycles. The summed E-state index contributed by atoms with van der Waals surface area (Å²) in [5.41, 5.74) is 3.54. The summed E-state index contributed by atoms with van der Waals surface area (Å²) in [5.74, 6) is 0.394. The molecule has 4 heterocycles. The molecule has 0 radical (unpaired) electrons. The molecule has 10 heteroatoms. The zero-order chi connectivity index (χ0) is 26.4. The van der Waals surface area contributed by atoms with Gasteiger partial charge in [-0.2, -0.15) is 0 Å². The Kier molecular flexibility index (Phi) is 6.35. The van der Waals surface area contributed by atoms with Crippen molar-refractivity contribution in [3.63, 3.8) is 0 Å². The molecule has 3 aliphatic rings. The number of carbonyl (C=O) groups is 4. The molecule has 5 rings (SSSR count). The van der Waals surface area contributed by atoms with Crippen molar-refractivity contribution in [2.75, 3.05) is 54.5 Å². The summed E-state index contributed by atoms with van der Waals surface area (Å²) < 4.78 is 0. The number of anilines is 3. The van der Waals surface area contributed by atoms with E-state index in [-0.39, 0.29) is 30.3 Å². The van der Waals surface area contributed by atoms with Gasteiger partial charge in [0, 0.05) is 57.6 Å². The van der Waals surface area contributed by atoms with Crippen LogP contribution in [0.25, 0.3) is 0 Å². The minimum absolute atomic E-state index is 0.00889. The number of likely N-dealkylation sites (N-methyl/N-ethyl adjacent to an activating group) is 1. The van der Waals surface area contributed by atoms with Gasteiger partial charge in [0.05, 0.1) is 11.3 Å². The van der Waals surface area contributed by atoms with Crippen molar-refractivity contribution >= 4 is 40.9 Å². The minimum Gasteiger partial charge on any atom is -0.353 e. The highest BCUT2D eigenvalue weighted by atomic mass is 16.2. The lowest BCUT2D eigenvalue weighted by molar-refractivity contribution is -0.124. The van der Waals surface area contributed by atoms with Crippen LogP contribution in [0.2, 0.25) is 0 Å². The van der Waals surface area contributed by atoms with Crippen molar-refractivity contribution < 1.29 is 19.2 Å². The van der Waals surface area contributed by atoms with Gasteiger partial charge in [-0.3, -0.25) is 24.2 Å². The number of amides is 5. The van der Waals surface area contributed by atoms with E-state index in [1.54, 1.807) is 28.0 Å². The fourth-order valence-corrected chi connectivity index (χ4v) is 5.42. The number of pyridine rings is 1. The Balaban J connectivity index is 1.42. The number of benzene rings is 1. The second-order valence-corrected chi connectivity index (χ2v) is 10.1. The van der Waals surface area contributed by atoms with Crippen LogP contribution in [-0.4, -0.2) is 84.3 Å². The molecule has 3 fully saturated rings. The molecule has 10 nitrogen and oxygen atoms in total. The van der Waals surface area contributed by atoms with E-state index in [4.69, 9.17) is 0 Å². The summed E-state index contributed by atoms with van der Waals surface area (Å²) in [6.45, 7) is 8.17. The number of hydrogen-bond acceptors (Lipinski definition) is 6. The quantitative estimate of drug-likeness (QED) is 0.594. The van der Waals surface area contributed by atoms with Gasteiger partial charge in [-0.1, -0.05) is 6.07 Å². The first kappa shape index (κ1) is 24.7. The maximum absolute atomic E-state index is 13.7. The van der Waals surface area contributed by atoms with Gasteiger partial charge in [0.1, 0.15) is 12.4 Å². The molecule has 5 amide bonds. The maximum Gasteiger partial charge on any atom is 0.331 e. The summed E-state index contributed by atoms with van der Waals surface area (Å²) in [6.07, 6.45) is 3.06. The van der Waals surface area contributed by atoms with Crippen LogP contribution in [-0.2, 0) is 9.59 Å². The van der Waals surface area contributed by atoms with Crippen LogP contribution in [0.1, 0.15) is 41.3 Å². The van der Waals surface area contributed by atoms with Gasteiger partial charge in [-0.25, -0.2) is 9.78 Å². The molecule has 3 aliphatic heterocycles. The van der Waals surface area contributed by atoms with Gasteiger partial charge in [0.15, 0.2) is 0 Å². The van der Waals surface area contributed by atoms with E-state index >= 15 is 0 Å². The molecule has 2 aromatic rings. The molecule has 194 valence electrons. The number of piperazine rings is 1. The van der Waals surface area contributed by atoms with Gasteiger partial charge < -0.3 is 14.7 Å². The molecule has 0 spiro atoms. The number of imide groups is 1. The second-order valence-electron chi connectivity index (χ2n) is 10.1. The van der Waals surface area contributed by atoms with Crippen molar-refractivity contribution in [2.45, 2.75) is 39.7 Å². The van der Waals surface area contributed by atoms with Gasteiger partial charge in [0.25, 0.3) is 5.91 Å². The third-order valence-electron chi connectivity index (χ3n) is 7.51. The third-order valence-corrected chi connectivity index (χ3v) is 7.51. The van der Waals surface area contributed by atoms with Gasteiger partial charge in [-0.05, 0) is 56.5 Å². The molecule has 1 atom stereocenters. The smallest absolute Gasteiger partial charge is 0.331 e. The normalized spacial score (nSPS) is 20.5. The van der Waals surface area contributed by atoms with Crippen molar-refractivity contribution in [1.29, 1.82) is 0 Å². The number of nitrogens with zero attached hydrogens (tertiary/aromatic N) is 6. The lowest BCUT2D eigenvalue weighted by atomic mass is 10.1. The SMILES string of the molecule is Cc1cnc(N2CCN(C(=O)c3ccc(N4C(=O)CCC4C)cc3N3CC(=O)N(C)C3=O)CC2)c(C)c1. The van der Waals surface area contributed by atoms with Crippen LogP contribution in [0, 0.1) is 13.8 Å². The summed E-state index contributed by atoms with van der Waals surface area (Å²) in [6, 6.07) is 6.78. The van der Waals surface area contributed by atoms with Gasteiger partial charge in [-0.15, -0.1) is 0 Å². The van der Waals surface area contributed by atoms with Crippen LogP contribution in [0.3, 0.4) is 0 Å². The van der Waals surface area contributed by atoms with Crippen molar-refractivity contribution in [1.82, 2.24) is 14.8 Å². The fraction of sp³-hybridized carbons (Fsp3) is 0.444. The van der Waals surface area contributed by atoms with Gasteiger partial charge >= 0.3 is 6.03 Å². The van der Waals surface area contributed by atoms with E-state index in [9.17, 15) is 19.2 Å². The Bertz CT molecular complexity index is 1290. The largest absolute Gasteiger partial charge is 0.353 e. The Morgan fingerprint density at radius 3 is 2.32 bits per heavy atom. The standard InChI is InChI=1S/C27H32N6O4/c1-17-13-18(2)25(28-15-17)30-9-11-31(12-10-30)26(36)21-7-6-20(33-19(3)5-8-23(33)34)14-22(21)32-16-24(35)29(4)27(32)37/h6-7,13-15,19H,5,8-12,16H2,1-4H3. The van der Waals surface area contributed by atoms with Crippen LogP contribution < -0.4 is 14.7 Å². The Hall–Kier alpha value is -3.95. The summed E-state index contributed by atoms with van der Waals surface area (Å²) in [5, 5.41) is 0. The average Bonchev–Trinajstić information content (AvgIpc) is 3.35. The van der Waals surface area contributed by atoms with Crippen molar-refractivity contribution in [2.24, 2.45) is 0 Å². The predicted octanol–water partition coefficient (Wildman–Crippen LogP) is 2.57. The summed E-state index contributed by atoms with van der Waals surface area (Å²) in [7, 11) is 1.43. The van der Waals surface area contributed by atoms with E-state index < -0.39 is 6.03 Å². The van der Waals surface area contributed by atoms with E-state index in [0.717, 1.165) is 28.3 Å². The molecule has 0 aliphatic carbocycles. The molecule has 37 heavy (non-hydrogen) atoms. The molecule has 1 unspecified atom stereocenters. The van der Waals surface area contributed by atoms with E-state index in [1.165, 1.54) is 11.9 Å². The van der Waals surface area contributed by atoms with Crippen LogP contribution in [0.5, 0.6) is 0 Å². The zero-order valence-corrected chi connectivity index (χ0v) is 21.7. The van der Waals surface area contributed by atoms with Crippen LogP contribution in [0.15, 0.2) is 30.5 Å². The first-order valence-electron chi connectivity index (χ1n) is 12.7. The third kappa shape index (κ3) is 4.41. The molecular formula is C27H32N6O4. The molecule has 0 saturated carbocycles. The number of aromatic nitrogens is 1. The summed E-state index contributed by atoms with van der Waals surface area (Å²) >= 11 is 0. The Labute approximate surface area is 216 Å². The highest BCUT2D eigenvalue weighted by molar-refractivity contribution is 6.15. The second kappa shape index (κ2) is 9.49.